The van der Waals surface area contributed by atoms with Gasteiger partial charge >= 0.3 is 0 Å². The zero-order valence-electron chi connectivity index (χ0n) is 8.72. The molecule has 1 aromatic heterocycles. The number of aliphatic hydroxyl groups is 1. The zero-order chi connectivity index (χ0) is 10.5. The highest BCUT2D eigenvalue weighted by Gasteiger charge is 2.19. The predicted octanol–water partition coefficient (Wildman–Crippen LogP) is 1.18. The maximum absolute atomic E-state index is 9.51. The Kier molecular flexibility index (Phi) is 4.05. The van der Waals surface area contributed by atoms with Gasteiger partial charge in [0, 0.05) is 11.9 Å². The summed E-state index contributed by atoms with van der Waals surface area (Å²) in [7, 11) is 0. The lowest BCUT2D eigenvalue weighted by Gasteiger charge is -2.25. The van der Waals surface area contributed by atoms with Gasteiger partial charge in [0.2, 0.25) is 0 Å². The number of rotatable bonds is 4. The van der Waals surface area contributed by atoms with Gasteiger partial charge in [0.25, 0.3) is 0 Å². The van der Waals surface area contributed by atoms with Crippen LogP contribution in [0.5, 0.6) is 0 Å². The summed E-state index contributed by atoms with van der Waals surface area (Å²) in [6.45, 7) is 1.78. The summed E-state index contributed by atoms with van der Waals surface area (Å²) in [4.78, 5) is 0. The maximum Gasteiger partial charge on any atom is 0.0893 e. The van der Waals surface area contributed by atoms with E-state index in [2.05, 4.69) is 14.9 Å². The topological polar surface area (TPSA) is 58.0 Å². The molecule has 0 aromatic carbocycles. The minimum atomic E-state index is -0.0773. The zero-order valence-corrected chi connectivity index (χ0v) is 9.54. The van der Waals surface area contributed by atoms with Crippen LogP contribution in [0, 0.1) is 5.92 Å². The first-order valence-electron chi connectivity index (χ1n) is 5.49. The third-order valence-corrected chi connectivity index (χ3v) is 3.45. The van der Waals surface area contributed by atoms with Crippen molar-refractivity contribution in [3.8, 4) is 0 Å². The Morgan fingerprint density at radius 2 is 2.47 bits per heavy atom. The molecule has 0 aliphatic heterocycles. The second-order valence-corrected chi connectivity index (χ2v) is 4.82. The summed E-state index contributed by atoms with van der Waals surface area (Å²) >= 11 is 1.38. The first kappa shape index (κ1) is 11.0. The lowest BCUT2D eigenvalue weighted by molar-refractivity contribution is 0.101. The lowest BCUT2D eigenvalue weighted by atomic mass is 9.87. The van der Waals surface area contributed by atoms with E-state index in [9.17, 15) is 5.11 Å². The van der Waals surface area contributed by atoms with Crippen molar-refractivity contribution in [2.75, 3.05) is 6.54 Å². The van der Waals surface area contributed by atoms with E-state index < -0.39 is 0 Å². The summed E-state index contributed by atoms with van der Waals surface area (Å²) < 4.78 is 3.81. The number of hydrogen-bond acceptors (Lipinski definition) is 5. The van der Waals surface area contributed by atoms with Crippen LogP contribution < -0.4 is 5.32 Å². The monoisotopic (exact) mass is 227 g/mol. The third-order valence-electron chi connectivity index (χ3n) is 2.90. The maximum atomic E-state index is 9.51. The standard InChI is InChI=1S/C10H17N3OS/c14-10-3-1-2-8(4-10)5-11-6-9-7-15-13-12-9/h7-8,10-11,14H,1-6H2. The van der Waals surface area contributed by atoms with E-state index in [0.29, 0.717) is 5.92 Å². The van der Waals surface area contributed by atoms with E-state index >= 15 is 0 Å². The molecule has 1 heterocycles. The second kappa shape index (κ2) is 5.53. The third kappa shape index (κ3) is 3.52. The van der Waals surface area contributed by atoms with E-state index in [1.54, 1.807) is 0 Å². The molecule has 5 heteroatoms. The van der Waals surface area contributed by atoms with E-state index in [1.165, 1.54) is 18.0 Å². The van der Waals surface area contributed by atoms with Crippen LogP contribution in [0.1, 0.15) is 31.4 Å². The number of aromatic nitrogens is 2. The SMILES string of the molecule is OC1CCCC(CNCc2csnn2)C1. The molecular formula is C10H17N3OS. The van der Waals surface area contributed by atoms with E-state index in [1.807, 2.05) is 5.38 Å². The van der Waals surface area contributed by atoms with Crippen LogP contribution in [0.4, 0.5) is 0 Å². The van der Waals surface area contributed by atoms with Crippen LogP contribution in [0.15, 0.2) is 5.38 Å². The van der Waals surface area contributed by atoms with Crippen LogP contribution in [-0.2, 0) is 6.54 Å². The molecule has 0 saturated heterocycles. The molecule has 0 amide bonds. The van der Waals surface area contributed by atoms with Gasteiger partial charge in [-0.25, -0.2) is 0 Å². The minimum Gasteiger partial charge on any atom is -0.393 e. The smallest absolute Gasteiger partial charge is 0.0893 e. The van der Waals surface area contributed by atoms with Crippen LogP contribution >= 0.6 is 11.5 Å². The first-order chi connectivity index (χ1) is 7.34. The van der Waals surface area contributed by atoms with Gasteiger partial charge in [-0.05, 0) is 43.3 Å². The number of hydrogen-bond donors (Lipinski definition) is 2. The highest BCUT2D eigenvalue weighted by Crippen LogP contribution is 2.23. The molecule has 1 aliphatic carbocycles. The molecule has 1 aliphatic rings. The van der Waals surface area contributed by atoms with E-state index in [4.69, 9.17) is 0 Å². The Morgan fingerprint density at radius 1 is 1.53 bits per heavy atom. The van der Waals surface area contributed by atoms with Crippen molar-refractivity contribution in [1.29, 1.82) is 0 Å². The molecule has 2 unspecified atom stereocenters. The Labute approximate surface area is 93.9 Å². The molecule has 1 fully saturated rings. The van der Waals surface area contributed by atoms with Crippen LogP contribution in [0.25, 0.3) is 0 Å². The molecule has 1 saturated carbocycles. The van der Waals surface area contributed by atoms with Crippen LogP contribution in [-0.4, -0.2) is 27.3 Å². The summed E-state index contributed by atoms with van der Waals surface area (Å²) in [5.74, 6) is 0.625. The molecular weight excluding hydrogens is 210 g/mol. The molecule has 84 valence electrons. The summed E-state index contributed by atoms with van der Waals surface area (Å²) in [6, 6.07) is 0. The lowest BCUT2D eigenvalue weighted by Crippen LogP contribution is -2.28. The average molecular weight is 227 g/mol. The van der Waals surface area contributed by atoms with Crippen molar-refractivity contribution in [2.24, 2.45) is 5.92 Å². The van der Waals surface area contributed by atoms with Gasteiger partial charge < -0.3 is 10.4 Å². The van der Waals surface area contributed by atoms with Gasteiger partial charge in [0.1, 0.15) is 0 Å². The van der Waals surface area contributed by atoms with Crippen molar-refractivity contribution >= 4 is 11.5 Å². The highest BCUT2D eigenvalue weighted by molar-refractivity contribution is 7.03. The van der Waals surface area contributed by atoms with Gasteiger partial charge in [0.05, 0.1) is 11.8 Å². The highest BCUT2D eigenvalue weighted by atomic mass is 32.1. The Morgan fingerprint density at radius 3 is 3.20 bits per heavy atom. The van der Waals surface area contributed by atoms with Gasteiger partial charge in [0.15, 0.2) is 0 Å². The van der Waals surface area contributed by atoms with Crippen LogP contribution in [0.3, 0.4) is 0 Å². The van der Waals surface area contributed by atoms with Gasteiger partial charge in [-0.1, -0.05) is 10.9 Å². The van der Waals surface area contributed by atoms with Crippen molar-refractivity contribution < 1.29 is 5.11 Å². The van der Waals surface area contributed by atoms with Gasteiger partial charge in [-0.2, -0.15) is 0 Å². The minimum absolute atomic E-state index is 0.0773. The molecule has 0 bridgehead atoms. The molecule has 15 heavy (non-hydrogen) atoms. The average Bonchev–Trinajstić information content (AvgIpc) is 2.71. The Hall–Kier alpha value is -0.520. The predicted molar refractivity (Wildman–Crippen MR) is 59.6 cm³/mol. The fourth-order valence-corrected chi connectivity index (χ4v) is 2.56. The van der Waals surface area contributed by atoms with Crippen molar-refractivity contribution in [3.05, 3.63) is 11.1 Å². The fraction of sp³-hybridized carbons (Fsp3) is 0.800. The molecule has 2 rings (SSSR count). The van der Waals surface area contributed by atoms with E-state index in [-0.39, 0.29) is 6.10 Å². The summed E-state index contributed by atoms with van der Waals surface area (Å²) in [5, 5.41) is 18.8. The fourth-order valence-electron chi connectivity index (χ4n) is 2.11. The molecule has 2 N–H and O–H groups in total. The molecule has 4 nitrogen and oxygen atoms in total. The van der Waals surface area contributed by atoms with Crippen molar-refractivity contribution in [1.82, 2.24) is 14.9 Å². The summed E-state index contributed by atoms with van der Waals surface area (Å²) in [6.07, 6.45) is 4.24. The van der Waals surface area contributed by atoms with Crippen molar-refractivity contribution in [3.63, 3.8) is 0 Å². The number of nitrogens with one attached hydrogen (secondary N) is 1. The number of nitrogens with zero attached hydrogens (tertiary/aromatic N) is 2. The van der Waals surface area contributed by atoms with Crippen LogP contribution in [0.2, 0.25) is 0 Å². The summed E-state index contributed by atoms with van der Waals surface area (Å²) in [5.41, 5.74) is 1.01. The second-order valence-electron chi connectivity index (χ2n) is 4.21. The molecule has 2 atom stereocenters. The molecule has 0 spiro atoms. The Balaban J connectivity index is 1.65. The first-order valence-corrected chi connectivity index (χ1v) is 6.33. The quantitative estimate of drug-likeness (QED) is 0.811. The van der Waals surface area contributed by atoms with E-state index in [0.717, 1.165) is 38.0 Å². The normalized spacial score (nSPS) is 26.7. The number of aliphatic hydroxyl groups excluding tert-OH is 1. The molecule has 1 aromatic rings. The van der Waals surface area contributed by atoms with Crippen molar-refractivity contribution in [2.45, 2.75) is 38.3 Å². The molecule has 0 radical (unpaired) electrons. The largest absolute Gasteiger partial charge is 0.393 e. The Bertz CT molecular complexity index is 278. The van der Waals surface area contributed by atoms with Gasteiger partial charge in [-0.15, -0.1) is 5.10 Å². The van der Waals surface area contributed by atoms with Gasteiger partial charge in [-0.3, -0.25) is 0 Å².